The molecule has 0 aromatic rings. The van der Waals surface area contributed by atoms with Gasteiger partial charge in [-0.25, -0.2) is 0 Å². The van der Waals surface area contributed by atoms with Gasteiger partial charge in [0.25, 0.3) is 0 Å². The van der Waals surface area contributed by atoms with Crippen molar-refractivity contribution in [1.29, 1.82) is 0 Å². The third-order valence-electron chi connectivity index (χ3n) is 2.88. The Labute approximate surface area is 90.9 Å². The van der Waals surface area contributed by atoms with Crippen LogP contribution in [-0.4, -0.2) is 47.8 Å². The van der Waals surface area contributed by atoms with E-state index in [9.17, 15) is 0 Å². The summed E-state index contributed by atoms with van der Waals surface area (Å²) in [5.74, 6) is 0.294. The Kier molecular flexibility index (Phi) is 4.84. The summed E-state index contributed by atoms with van der Waals surface area (Å²) < 4.78 is 5.59. The van der Waals surface area contributed by atoms with Crippen LogP contribution in [0.5, 0.6) is 0 Å². The van der Waals surface area contributed by atoms with E-state index in [-0.39, 0.29) is 0 Å². The van der Waals surface area contributed by atoms with Gasteiger partial charge in [-0.15, -0.1) is 0 Å². The summed E-state index contributed by atoms with van der Waals surface area (Å²) in [6.45, 7) is 6.87. The monoisotopic (exact) mass is 215 g/mol. The molecule has 3 N–H and O–H groups in total. The van der Waals surface area contributed by atoms with E-state index in [1.165, 1.54) is 0 Å². The normalized spacial score (nSPS) is 26.5. The maximum atomic E-state index is 8.50. The zero-order valence-electron chi connectivity index (χ0n) is 9.52. The van der Waals surface area contributed by atoms with Crippen molar-refractivity contribution in [1.82, 2.24) is 4.90 Å². The molecule has 0 aromatic carbocycles. The zero-order chi connectivity index (χ0) is 11.3. The first-order valence-corrected chi connectivity index (χ1v) is 5.49. The van der Waals surface area contributed by atoms with Gasteiger partial charge in [0.05, 0.1) is 12.7 Å². The fraction of sp³-hybridized carbons (Fsp3) is 0.900. The molecule has 2 atom stereocenters. The molecule has 1 fully saturated rings. The largest absolute Gasteiger partial charge is 0.409 e. The Bertz CT molecular complexity index is 221. The van der Waals surface area contributed by atoms with E-state index in [1.807, 2.05) is 0 Å². The van der Waals surface area contributed by atoms with Gasteiger partial charge in [-0.2, -0.15) is 0 Å². The summed E-state index contributed by atoms with van der Waals surface area (Å²) in [4.78, 5) is 2.33. The van der Waals surface area contributed by atoms with Gasteiger partial charge in [-0.3, -0.25) is 4.90 Å². The van der Waals surface area contributed by atoms with Crippen LogP contribution in [0.3, 0.4) is 0 Å². The van der Waals surface area contributed by atoms with Gasteiger partial charge in [0.1, 0.15) is 5.84 Å². The first kappa shape index (κ1) is 12.3. The van der Waals surface area contributed by atoms with Gasteiger partial charge in [0, 0.05) is 25.6 Å². The highest BCUT2D eigenvalue weighted by Crippen LogP contribution is 2.13. The molecular formula is C10H21N3O2. The van der Waals surface area contributed by atoms with E-state index in [2.05, 4.69) is 23.9 Å². The number of amidine groups is 1. The van der Waals surface area contributed by atoms with Crippen molar-refractivity contribution in [3.8, 4) is 0 Å². The van der Waals surface area contributed by atoms with Gasteiger partial charge in [-0.05, 0) is 13.3 Å². The Morgan fingerprint density at radius 1 is 1.73 bits per heavy atom. The van der Waals surface area contributed by atoms with E-state index in [4.69, 9.17) is 15.7 Å². The molecule has 0 saturated carbocycles. The van der Waals surface area contributed by atoms with Crippen LogP contribution in [0, 0.1) is 0 Å². The van der Waals surface area contributed by atoms with Gasteiger partial charge < -0.3 is 15.7 Å². The fourth-order valence-electron chi connectivity index (χ4n) is 1.86. The number of hydrogen-bond donors (Lipinski definition) is 2. The van der Waals surface area contributed by atoms with E-state index < -0.39 is 0 Å². The predicted octanol–water partition coefficient (Wildman–Crippen LogP) is 0.622. The van der Waals surface area contributed by atoms with Crippen molar-refractivity contribution < 1.29 is 9.94 Å². The topological polar surface area (TPSA) is 71.1 Å². The van der Waals surface area contributed by atoms with Crippen LogP contribution >= 0.6 is 0 Å². The molecular weight excluding hydrogens is 194 g/mol. The van der Waals surface area contributed by atoms with Gasteiger partial charge in [0.2, 0.25) is 0 Å². The van der Waals surface area contributed by atoms with Gasteiger partial charge in [0.15, 0.2) is 0 Å². The van der Waals surface area contributed by atoms with Crippen molar-refractivity contribution in [2.45, 2.75) is 38.8 Å². The summed E-state index contributed by atoms with van der Waals surface area (Å²) in [7, 11) is 0. The van der Waals surface area contributed by atoms with Crippen molar-refractivity contribution >= 4 is 5.84 Å². The fourth-order valence-corrected chi connectivity index (χ4v) is 1.86. The quantitative estimate of drug-likeness (QED) is 0.312. The van der Waals surface area contributed by atoms with E-state index in [0.29, 0.717) is 24.4 Å². The van der Waals surface area contributed by atoms with Crippen molar-refractivity contribution in [2.75, 3.05) is 19.7 Å². The van der Waals surface area contributed by atoms with E-state index >= 15 is 0 Å². The van der Waals surface area contributed by atoms with E-state index in [1.54, 1.807) is 0 Å². The van der Waals surface area contributed by atoms with Crippen molar-refractivity contribution in [2.24, 2.45) is 10.9 Å². The molecule has 0 bridgehead atoms. The molecule has 1 aliphatic rings. The molecule has 0 radical (unpaired) electrons. The third-order valence-corrected chi connectivity index (χ3v) is 2.88. The number of nitrogens with two attached hydrogens (primary N) is 1. The predicted molar refractivity (Wildman–Crippen MR) is 59.1 cm³/mol. The minimum absolute atomic E-state index is 0.294. The Hall–Kier alpha value is -0.810. The second kappa shape index (κ2) is 5.92. The summed E-state index contributed by atoms with van der Waals surface area (Å²) in [5, 5.41) is 11.5. The smallest absolute Gasteiger partial charge is 0.140 e. The van der Waals surface area contributed by atoms with Crippen molar-refractivity contribution in [3.63, 3.8) is 0 Å². The molecule has 5 nitrogen and oxygen atoms in total. The zero-order valence-corrected chi connectivity index (χ0v) is 9.52. The van der Waals surface area contributed by atoms with Crippen LogP contribution < -0.4 is 5.73 Å². The number of nitrogens with zero attached hydrogens (tertiary/aromatic N) is 2. The molecule has 88 valence electrons. The maximum absolute atomic E-state index is 8.50. The van der Waals surface area contributed by atoms with Crippen LogP contribution in [0.2, 0.25) is 0 Å². The lowest BCUT2D eigenvalue weighted by Gasteiger charge is -2.36. The van der Waals surface area contributed by atoms with Crippen molar-refractivity contribution in [3.05, 3.63) is 0 Å². The molecule has 1 saturated heterocycles. The van der Waals surface area contributed by atoms with Crippen LogP contribution in [-0.2, 0) is 4.74 Å². The number of rotatable bonds is 4. The molecule has 1 heterocycles. The lowest BCUT2D eigenvalue weighted by atomic mass is 10.1. The van der Waals surface area contributed by atoms with Crippen LogP contribution in [0.1, 0.15) is 26.7 Å². The second-order valence-corrected chi connectivity index (χ2v) is 4.04. The second-order valence-electron chi connectivity index (χ2n) is 4.04. The van der Waals surface area contributed by atoms with E-state index in [0.717, 1.165) is 26.1 Å². The molecule has 1 rings (SSSR count). The SMILES string of the molecule is CCC1CN(C(C)CC(N)=NO)CCO1. The molecule has 0 amide bonds. The Morgan fingerprint density at radius 3 is 3.07 bits per heavy atom. The molecule has 0 aromatic heterocycles. The Balaban J connectivity index is 2.41. The van der Waals surface area contributed by atoms with Gasteiger partial charge >= 0.3 is 0 Å². The van der Waals surface area contributed by atoms with Gasteiger partial charge in [-0.1, -0.05) is 12.1 Å². The summed E-state index contributed by atoms with van der Waals surface area (Å²) in [6.07, 6.45) is 1.97. The Morgan fingerprint density at radius 2 is 2.47 bits per heavy atom. The number of oxime groups is 1. The number of ether oxygens (including phenoxy) is 1. The molecule has 15 heavy (non-hydrogen) atoms. The lowest BCUT2D eigenvalue weighted by molar-refractivity contribution is -0.0411. The standard InChI is InChI=1S/C10H21N3O2/c1-3-9-7-13(4-5-15-9)8(2)6-10(11)12-14/h8-9,14H,3-7H2,1-2H3,(H2,11,12). The number of hydrogen-bond acceptors (Lipinski definition) is 4. The lowest BCUT2D eigenvalue weighted by Crippen LogP contribution is -2.47. The summed E-state index contributed by atoms with van der Waals surface area (Å²) in [5.41, 5.74) is 5.49. The molecule has 5 heteroatoms. The number of morpholine rings is 1. The van der Waals surface area contributed by atoms with Crippen LogP contribution in [0.4, 0.5) is 0 Å². The first-order valence-electron chi connectivity index (χ1n) is 5.49. The summed E-state index contributed by atoms with van der Waals surface area (Å²) >= 11 is 0. The molecule has 0 aliphatic carbocycles. The minimum Gasteiger partial charge on any atom is -0.409 e. The van der Waals surface area contributed by atoms with Crippen LogP contribution in [0.25, 0.3) is 0 Å². The summed E-state index contributed by atoms with van der Waals surface area (Å²) in [6, 6.07) is 0.304. The average Bonchev–Trinajstić information content (AvgIpc) is 2.28. The maximum Gasteiger partial charge on any atom is 0.140 e. The molecule has 2 unspecified atom stereocenters. The molecule has 1 aliphatic heterocycles. The average molecular weight is 215 g/mol. The first-order chi connectivity index (χ1) is 7.17. The van der Waals surface area contributed by atoms with Crippen LogP contribution in [0.15, 0.2) is 5.16 Å². The third kappa shape index (κ3) is 3.68. The highest BCUT2D eigenvalue weighted by molar-refractivity contribution is 5.80. The molecule has 0 spiro atoms. The highest BCUT2D eigenvalue weighted by atomic mass is 16.5. The minimum atomic E-state index is 0.294. The highest BCUT2D eigenvalue weighted by Gasteiger charge is 2.23.